The van der Waals surface area contributed by atoms with Gasteiger partial charge in [-0.15, -0.1) is 0 Å². The Morgan fingerprint density at radius 3 is 2.22 bits per heavy atom. The van der Waals surface area contributed by atoms with Crippen molar-refractivity contribution < 1.29 is 14.3 Å². The molecule has 2 N–H and O–H groups in total. The molecule has 2 aromatic carbocycles. The standard InChI is InChI=1S/C20H20N4O3/c1-4-27-19-17-11-15(14-5-8-16(9-6-14)21-12(2)25)7-10-18(17)23-20(24-19)22-13(3)26/h5-11H,4H2,1-3H3,(H,21,25)(H,22,23,24,26). The number of nitrogens with zero attached hydrogens (tertiary/aromatic N) is 2. The Kier molecular flexibility index (Phi) is 5.30. The average Bonchev–Trinajstić information content (AvgIpc) is 2.61. The first kappa shape index (κ1) is 18.3. The second-order valence-electron chi connectivity index (χ2n) is 5.96. The SMILES string of the molecule is CCOc1nc(NC(C)=O)nc2ccc(-c3ccc(NC(C)=O)cc3)cc12. The lowest BCUT2D eigenvalue weighted by Gasteiger charge is -2.11. The molecule has 7 heteroatoms. The fraction of sp³-hybridized carbons (Fsp3) is 0.200. The van der Waals surface area contributed by atoms with E-state index >= 15 is 0 Å². The summed E-state index contributed by atoms with van der Waals surface area (Å²) in [6.07, 6.45) is 0. The van der Waals surface area contributed by atoms with E-state index < -0.39 is 0 Å². The third kappa shape index (κ3) is 4.38. The van der Waals surface area contributed by atoms with Crippen LogP contribution in [0.4, 0.5) is 11.6 Å². The van der Waals surface area contributed by atoms with Crippen molar-refractivity contribution in [3.8, 4) is 17.0 Å². The summed E-state index contributed by atoms with van der Waals surface area (Å²) in [5.74, 6) is 0.281. The molecule has 0 radical (unpaired) electrons. The number of carbonyl (C=O) groups excluding carboxylic acids is 2. The minimum atomic E-state index is -0.243. The van der Waals surface area contributed by atoms with Crippen molar-refractivity contribution in [3.63, 3.8) is 0 Å². The number of hydrogen-bond donors (Lipinski definition) is 2. The van der Waals surface area contributed by atoms with Crippen LogP contribution >= 0.6 is 0 Å². The Hall–Kier alpha value is -3.48. The van der Waals surface area contributed by atoms with Crippen LogP contribution in [0, 0.1) is 0 Å². The molecule has 138 valence electrons. The van der Waals surface area contributed by atoms with Gasteiger partial charge in [0.15, 0.2) is 0 Å². The number of anilines is 2. The Bertz CT molecular complexity index is 1000. The van der Waals surface area contributed by atoms with Crippen molar-refractivity contribution in [2.75, 3.05) is 17.2 Å². The van der Waals surface area contributed by atoms with Crippen molar-refractivity contribution in [2.24, 2.45) is 0 Å². The van der Waals surface area contributed by atoms with Gasteiger partial charge in [0.25, 0.3) is 0 Å². The lowest BCUT2D eigenvalue weighted by molar-refractivity contribution is -0.115. The summed E-state index contributed by atoms with van der Waals surface area (Å²) in [5.41, 5.74) is 3.37. The van der Waals surface area contributed by atoms with E-state index in [1.54, 1.807) is 0 Å². The van der Waals surface area contributed by atoms with E-state index in [0.717, 1.165) is 22.2 Å². The fourth-order valence-electron chi connectivity index (χ4n) is 2.69. The highest BCUT2D eigenvalue weighted by molar-refractivity contribution is 5.92. The first-order chi connectivity index (χ1) is 13.0. The van der Waals surface area contributed by atoms with Gasteiger partial charge in [-0.25, -0.2) is 4.98 Å². The normalized spacial score (nSPS) is 10.5. The van der Waals surface area contributed by atoms with Gasteiger partial charge >= 0.3 is 0 Å². The van der Waals surface area contributed by atoms with E-state index in [4.69, 9.17) is 4.74 Å². The molecule has 0 aliphatic heterocycles. The molecule has 7 nitrogen and oxygen atoms in total. The summed E-state index contributed by atoms with van der Waals surface area (Å²) in [6, 6.07) is 13.3. The second kappa shape index (κ2) is 7.82. The Morgan fingerprint density at radius 1 is 0.926 bits per heavy atom. The summed E-state index contributed by atoms with van der Waals surface area (Å²) in [7, 11) is 0. The monoisotopic (exact) mass is 364 g/mol. The van der Waals surface area contributed by atoms with E-state index in [0.29, 0.717) is 18.0 Å². The molecular formula is C20H20N4O3. The molecule has 27 heavy (non-hydrogen) atoms. The Labute approximate surface area is 156 Å². The van der Waals surface area contributed by atoms with Crippen molar-refractivity contribution in [3.05, 3.63) is 42.5 Å². The first-order valence-electron chi connectivity index (χ1n) is 8.56. The number of rotatable bonds is 5. The van der Waals surface area contributed by atoms with Crippen LogP contribution in [-0.4, -0.2) is 28.4 Å². The summed E-state index contributed by atoms with van der Waals surface area (Å²) in [5, 5.41) is 6.09. The number of aromatic nitrogens is 2. The number of ether oxygens (including phenoxy) is 1. The molecule has 0 saturated carbocycles. The van der Waals surface area contributed by atoms with Crippen molar-refractivity contribution in [2.45, 2.75) is 20.8 Å². The van der Waals surface area contributed by atoms with Crippen molar-refractivity contribution >= 4 is 34.4 Å². The predicted octanol–water partition coefficient (Wildman–Crippen LogP) is 3.61. The zero-order valence-corrected chi connectivity index (χ0v) is 15.4. The van der Waals surface area contributed by atoms with Gasteiger partial charge in [-0.1, -0.05) is 18.2 Å². The van der Waals surface area contributed by atoms with Gasteiger partial charge in [-0.2, -0.15) is 4.98 Å². The van der Waals surface area contributed by atoms with E-state index in [1.165, 1.54) is 13.8 Å². The zero-order valence-electron chi connectivity index (χ0n) is 15.4. The van der Waals surface area contributed by atoms with Crippen LogP contribution < -0.4 is 15.4 Å². The molecule has 2 amide bonds. The second-order valence-corrected chi connectivity index (χ2v) is 5.96. The van der Waals surface area contributed by atoms with E-state index in [9.17, 15) is 9.59 Å². The molecule has 0 saturated heterocycles. The highest BCUT2D eigenvalue weighted by Crippen LogP contribution is 2.30. The number of hydrogen-bond acceptors (Lipinski definition) is 5. The van der Waals surface area contributed by atoms with Crippen LogP contribution in [0.15, 0.2) is 42.5 Å². The van der Waals surface area contributed by atoms with Gasteiger partial charge in [0.1, 0.15) is 0 Å². The molecule has 0 unspecified atom stereocenters. The largest absolute Gasteiger partial charge is 0.477 e. The molecule has 0 aliphatic carbocycles. The summed E-state index contributed by atoms with van der Waals surface area (Å²) in [4.78, 5) is 31.1. The smallest absolute Gasteiger partial charge is 0.233 e. The third-order valence-corrected chi connectivity index (χ3v) is 3.77. The van der Waals surface area contributed by atoms with Gasteiger partial charge < -0.3 is 10.1 Å². The number of benzene rings is 2. The Balaban J connectivity index is 2.01. The minimum absolute atomic E-state index is 0.109. The van der Waals surface area contributed by atoms with Crippen LogP contribution in [-0.2, 0) is 9.59 Å². The van der Waals surface area contributed by atoms with Crippen molar-refractivity contribution in [1.82, 2.24) is 9.97 Å². The maximum Gasteiger partial charge on any atom is 0.233 e. The van der Waals surface area contributed by atoms with Crippen LogP contribution in [0.1, 0.15) is 20.8 Å². The van der Waals surface area contributed by atoms with Gasteiger partial charge in [0.2, 0.25) is 23.6 Å². The Morgan fingerprint density at radius 2 is 1.59 bits per heavy atom. The highest BCUT2D eigenvalue weighted by Gasteiger charge is 2.11. The van der Waals surface area contributed by atoms with E-state index in [2.05, 4.69) is 20.6 Å². The highest BCUT2D eigenvalue weighted by atomic mass is 16.5. The van der Waals surface area contributed by atoms with E-state index in [-0.39, 0.29) is 17.8 Å². The summed E-state index contributed by atoms with van der Waals surface area (Å²) >= 11 is 0. The maximum atomic E-state index is 11.3. The fourth-order valence-corrected chi connectivity index (χ4v) is 2.69. The molecule has 3 aromatic rings. The molecule has 1 aromatic heterocycles. The number of carbonyl (C=O) groups is 2. The first-order valence-corrected chi connectivity index (χ1v) is 8.56. The average molecular weight is 364 g/mol. The predicted molar refractivity (Wildman–Crippen MR) is 105 cm³/mol. The van der Waals surface area contributed by atoms with Gasteiger partial charge in [0, 0.05) is 19.5 Å². The molecule has 0 aliphatic rings. The molecule has 0 bridgehead atoms. The molecule has 3 rings (SSSR count). The summed E-state index contributed by atoms with van der Waals surface area (Å²) < 4.78 is 5.65. The number of nitrogens with one attached hydrogen (secondary N) is 2. The van der Waals surface area contributed by atoms with E-state index in [1.807, 2.05) is 49.4 Å². The molecule has 1 heterocycles. The van der Waals surface area contributed by atoms with Crippen LogP contribution in [0.5, 0.6) is 5.88 Å². The topological polar surface area (TPSA) is 93.2 Å². The molecular weight excluding hydrogens is 344 g/mol. The lowest BCUT2D eigenvalue weighted by atomic mass is 10.0. The maximum absolute atomic E-state index is 11.3. The molecule has 0 spiro atoms. The zero-order chi connectivity index (χ0) is 19.4. The van der Waals surface area contributed by atoms with Gasteiger partial charge in [-0.05, 0) is 42.3 Å². The summed E-state index contributed by atoms with van der Waals surface area (Å²) in [6.45, 7) is 5.20. The van der Waals surface area contributed by atoms with Gasteiger partial charge in [0.05, 0.1) is 17.5 Å². The molecule has 0 atom stereocenters. The van der Waals surface area contributed by atoms with Gasteiger partial charge in [-0.3, -0.25) is 14.9 Å². The number of fused-ring (bicyclic) bond motifs is 1. The molecule has 0 fully saturated rings. The van der Waals surface area contributed by atoms with Crippen LogP contribution in [0.25, 0.3) is 22.0 Å². The number of amides is 2. The third-order valence-electron chi connectivity index (χ3n) is 3.77. The minimum Gasteiger partial charge on any atom is -0.477 e. The van der Waals surface area contributed by atoms with Crippen LogP contribution in [0.3, 0.4) is 0 Å². The lowest BCUT2D eigenvalue weighted by Crippen LogP contribution is -2.10. The van der Waals surface area contributed by atoms with Crippen LogP contribution in [0.2, 0.25) is 0 Å². The quantitative estimate of drug-likeness (QED) is 0.721. The van der Waals surface area contributed by atoms with Crippen molar-refractivity contribution in [1.29, 1.82) is 0 Å².